The molecule has 0 spiro atoms. The Hall–Kier alpha value is -1.83. The van der Waals surface area contributed by atoms with Crippen molar-refractivity contribution in [3.05, 3.63) is 59.2 Å². The molecule has 0 aliphatic heterocycles. The summed E-state index contributed by atoms with van der Waals surface area (Å²) < 4.78 is 28.0. The second-order valence-corrected chi connectivity index (χ2v) is 9.79. The predicted octanol–water partition coefficient (Wildman–Crippen LogP) is 3.52. The third kappa shape index (κ3) is 5.16. The van der Waals surface area contributed by atoms with E-state index >= 15 is 0 Å². The fourth-order valence-electron chi connectivity index (χ4n) is 3.33. The van der Waals surface area contributed by atoms with Gasteiger partial charge in [-0.2, -0.15) is 16.5 Å². The first-order chi connectivity index (χ1) is 13.4. The molecular formula is C21H26N2O3S2. The van der Waals surface area contributed by atoms with Crippen LogP contribution < -0.4 is 10.0 Å². The summed E-state index contributed by atoms with van der Waals surface area (Å²) in [7, 11) is -3.77. The molecule has 150 valence electrons. The predicted molar refractivity (Wildman–Crippen MR) is 115 cm³/mol. The molecule has 1 aliphatic rings. The monoisotopic (exact) mass is 418 g/mol. The van der Waals surface area contributed by atoms with Crippen molar-refractivity contribution in [2.24, 2.45) is 0 Å². The van der Waals surface area contributed by atoms with Crippen molar-refractivity contribution in [1.82, 2.24) is 4.72 Å². The third-order valence-electron chi connectivity index (χ3n) is 4.92. The fourth-order valence-corrected chi connectivity index (χ4v) is 5.03. The summed E-state index contributed by atoms with van der Waals surface area (Å²) in [5.74, 6) is 0.348. The molecule has 2 N–H and O–H groups in total. The highest BCUT2D eigenvalue weighted by molar-refractivity contribution is 7.98. The summed E-state index contributed by atoms with van der Waals surface area (Å²) in [5, 5.41) is 2.89. The molecular weight excluding hydrogens is 392 g/mol. The van der Waals surface area contributed by atoms with E-state index in [2.05, 4.69) is 10.0 Å². The number of carbonyl (C=O) groups is 1. The van der Waals surface area contributed by atoms with E-state index in [1.165, 1.54) is 11.1 Å². The van der Waals surface area contributed by atoms with Crippen LogP contribution in [0.2, 0.25) is 0 Å². The van der Waals surface area contributed by atoms with E-state index in [-0.39, 0.29) is 10.8 Å². The van der Waals surface area contributed by atoms with Crippen LogP contribution in [0.4, 0.5) is 5.69 Å². The third-order valence-corrected chi connectivity index (χ3v) is 7.05. The number of hydrogen-bond acceptors (Lipinski definition) is 4. The minimum atomic E-state index is -3.77. The number of sulfonamides is 1. The molecule has 3 rings (SSSR count). The van der Waals surface area contributed by atoms with Crippen molar-refractivity contribution in [2.45, 2.75) is 43.5 Å². The molecule has 0 saturated heterocycles. The van der Waals surface area contributed by atoms with Gasteiger partial charge in [0.25, 0.3) is 0 Å². The SMILES string of the molecule is CSCCC(NS(=O)(=O)c1ccc(C)cc1)C(=O)Nc1ccc2c(c1)CCC2. The number of benzene rings is 2. The number of aryl methyl sites for hydroxylation is 3. The van der Waals surface area contributed by atoms with Gasteiger partial charge in [-0.3, -0.25) is 4.79 Å². The molecule has 0 heterocycles. The number of anilines is 1. The quantitative estimate of drug-likeness (QED) is 0.688. The summed E-state index contributed by atoms with van der Waals surface area (Å²) in [6.45, 7) is 1.90. The number of thioether (sulfide) groups is 1. The van der Waals surface area contributed by atoms with Gasteiger partial charge in [-0.15, -0.1) is 0 Å². The van der Waals surface area contributed by atoms with Gasteiger partial charge in [-0.05, 0) is 80.0 Å². The van der Waals surface area contributed by atoms with Crippen LogP contribution >= 0.6 is 11.8 Å². The zero-order valence-electron chi connectivity index (χ0n) is 16.2. The van der Waals surface area contributed by atoms with Gasteiger partial charge >= 0.3 is 0 Å². The van der Waals surface area contributed by atoms with E-state index in [0.717, 1.165) is 24.8 Å². The Kier molecular flexibility index (Phi) is 6.80. The van der Waals surface area contributed by atoms with Crippen molar-refractivity contribution in [3.8, 4) is 0 Å². The maximum atomic E-state index is 12.8. The van der Waals surface area contributed by atoms with Crippen LogP contribution in [-0.4, -0.2) is 32.4 Å². The van der Waals surface area contributed by atoms with Crippen LogP contribution in [0.3, 0.4) is 0 Å². The number of rotatable bonds is 8. The molecule has 0 saturated carbocycles. The molecule has 1 amide bonds. The van der Waals surface area contributed by atoms with E-state index in [1.807, 2.05) is 31.4 Å². The molecule has 1 atom stereocenters. The lowest BCUT2D eigenvalue weighted by atomic mass is 10.1. The van der Waals surface area contributed by atoms with Crippen LogP contribution in [0.5, 0.6) is 0 Å². The second kappa shape index (κ2) is 9.11. The summed E-state index contributed by atoms with van der Waals surface area (Å²) in [4.78, 5) is 13.0. The van der Waals surface area contributed by atoms with E-state index in [4.69, 9.17) is 0 Å². The number of hydrogen-bond donors (Lipinski definition) is 2. The fraction of sp³-hybridized carbons (Fsp3) is 0.381. The number of amides is 1. The van der Waals surface area contributed by atoms with E-state index in [0.29, 0.717) is 17.9 Å². The highest BCUT2D eigenvalue weighted by atomic mass is 32.2. The Morgan fingerprint density at radius 1 is 1.11 bits per heavy atom. The molecule has 0 fully saturated rings. The van der Waals surface area contributed by atoms with Gasteiger partial charge in [0.1, 0.15) is 6.04 Å². The lowest BCUT2D eigenvalue weighted by Gasteiger charge is -2.19. The van der Waals surface area contributed by atoms with Crippen molar-refractivity contribution in [1.29, 1.82) is 0 Å². The minimum Gasteiger partial charge on any atom is -0.325 e. The summed E-state index contributed by atoms with van der Waals surface area (Å²) >= 11 is 1.58. The Morgan fingerprint density at radius 2 is 1.82 bits per heavy atom. The molecule has 1 aliphatic carbocycles. The van der Waals surface area contributed by atoms with Gasteiger partial charge in [0.05, 0.1) is 4.90 Å². The lowest BCUT2D eigenvalue weighted by molar-refractivity contribution is -0.117. The molecule has 28 heavy (non-hydrogen) atoms. The van der Waals surface area contributed by atoms with Crippen molar-refractivity contribution in [2.75, 3.05) is 17.3 Å². The maximum Gasteiger partial charge on any atom is 0.242 e. The van der Waals surface area contributed by atoms with Crippen LogP contribution in [0.1, 0.15) is 29.5 Å². The normalized spacial score (nSPS) is 14.5. The van der Waals surface area contributed by atoms with Crippen molar-refractivity contribution in [3.63, 3.8) is 0 Å². The molecule has 2 aromatic carbocycles. The Labute approximate surface area is 171 Å². The standard InChI is InChI=1S/C21H26N2O3S2/c1-15-6-10-19(11-7-15)28(25,26)23-20(12-13-27-2)21(24)22-18-9-8-16-4-3-5-17(16)14-18/h6-11,14,20,23H,3-5,12-13H2,1-2H3,(H,22,24). The first-order valence-corrected chi connectivity index (χ1v) is 12.3. The first-order valence-electron chi connectivity index (χ1n) is 9.39. The average Bonchev–Trinajstić information content (AvgIpc) is 3.13. The first kappa shape index (κ1) is 20.9. The van der Waals surface area contributed by atoms with Gasteiger partial charge < -0.3 is 5.32 Å². The van der Waals surface area contributed by atoms with Crippen molar-refractivity contribution < 1.29 is 13.2 Å². The highest BCUT2D eigenvalue weighted by Crippen LogP contribution is 2.25. The molecule has 7 heteroatoms. The van der Waals surface area contributed by atoms with Crippen LogP contribution in [0.25, 0.3) is 0 Å². The number of fused-ring (bicyclic) bond motifs is 1. The largest absolute Gasteiger partial charge is 0.325 e. The number of nitrogens with one attached hydrogen (secondary N) is 2. The van der Waals surface area contributed by atoms with Gasteiger partial charge in [-0.1, -0.05) is 23.8 Å². The summed E-state index contributed by atoms with van der Waals surface area (Å²) in [6, 6.07) is 11.7. The van der Waals surface area contributed by atoms with Gasteiger partial charge in [0.15, 0.2) is 0 Å². The molecule has 0 bridgehead atoms. The van der Waals surface area contributed by atoms with Crippen molar-refractivity contribution >= 4 is 33.4 Å². The summed E-state index contributed by atoms with van der Waals surface area (Å²) in [6.07, 6.45) is 5.59. The molecule has 0 radical (unpaired) electrons. The molecule has 0 aromatic heterocycles. The van der Waals surface area contributed by atoms with E-state index in [9.17, 15) is 13.2 Å². The second-order valence-electron chi connectivity index (χ2n) is 7.09. The maximum absolute atomic E-state index is 12.8. The zero-order chi connectivity index (χ0) is 20.1. The van der Waals surface area contributed by atoms with Gasteiger partial charge in [-0.25, -0.2) is 8.42 Å². The zero-order valence-corrected chi connectivity index (χ0v) is 17.8. The Bertz CT molecular complexity index is 941. The van der Waals surface area contributed by atoms with E-state index < -0.39 is 16.1 Å². The lowest BCUT2D eigenvalue weighted by Crippen LogP contribution is -2.44. The highest BCUT2D eigenvalue weighted by Gasteiger charge is 2.26. The minimum absolute atomic E-state index is 0.164. The van der Waals surface area contributed by atoms with Gasteiger partial charge in [0, 0.05) is 5.69 Å². The molecule has 1 unspecified atom stereocenters. The Balaban J connectivity index is 1.75. The van der Waals surface area contributed by atoms with Crippen LogP contribution in [-0.2, 0) is 27.7 Å². The molecule has 2 aromatic rings. The average molecular weight is 419 g/mol. The smallest absolute Gasteiger partial charge is 0.242 e. The number of carbonyl (C=O) groups excluding carboxylic acids is 1. The Morgan fingerprint density at radius 3 is 2.54 bits per heavy atom. The topological polar surface area (TPSA) is 75.3 Å². The van der Waals surface area contributed by atoms with E-state index in [1.54, 1.807) is 36.0 Å². The molecule has 5 nitrogen and oxygen atoms in total. The van der Waals surface area contributed by atoms with Crippen LogP contribution in [0.15, 0.2) is 47.4 Å². The van der Waals surface area contributed by atoms with Gasteiger partial charge in [0.2, 0.25) is 15.9 Å². The summed E-state index contributed by atoms with van der Waals surface area (Å²) in [5.41, 5.74) is 4.29. The van der Waals surface area contributed by atoms with Crippen LogP contribution in [0, 0.1) is 6.92 Å².